The molecule has 1 aromatic carbocycles. The molecule has 0 spiro atoms. The molecule has 0 aromatic heterocycles. The summed E-state index contributed by atoms with van der Waals surface area (Å²) in [4.78, 5) is 9.95. The van der Waals surface area contributed by atoms with Crippen molar-refractivity contribution in [2.45, 2.75) is 30.7 Å². The summed E-state index contributed by atoms with van der Waals surface area (Å²) in [5, 5.41) is 48.6. The lowest BCUT2D eigenvalue weighted by molar-refractivity contribution is -0.384. The van der Waals surface area contributed by atoms with E-state index in [1.807, 2.05) is 0 Å². The fourth-order valence-corrected chi connectivity index (χ4v) is 1.95. The normalized spacial score (nSPS) is 31.2. The van der Waals surface area contributed by atoms with Crippen LogP contribution in [0, 0.1) is 10.1 Å². The predicted octanol–water partition coefficient (Wildman–Crippen LogP) is -2.05. The highest BCUT2D eigenvalue weighted by molar-refractivity contribution is 5.36. The molecule has 1 aliphatic rings. The smallest absolute Gasteiger partial charge is 0.269 e. The van der Waals surface area contributed by atoms with Gasteiger partial charge in [-0.05, 0) is 12.1 Å². The predicted molar refractivity (Wildman–Crippen MR) is 71.1 cm³/mol. The Morgan fingerprint density at radius 1 is 1.14 bits per heavy atom. The van der Waals surface area contributed by atoms with Crippen LogP contribution >= 0.6 is 0 Å². The number of nitro groups is 1. The van der Waals surface area contributed by atoms with Gasteiger partial charge in [0.15, 0.2) is 0 Å². The molecule has 0 bridgehead atoms. The molecule has 10 nitrogen and oxygen atoms in total. The summed E-state index contributed by atoms with van der Waals surface area (Å²) in [7, 11) is 0. The third kappa shape index (κ3) is 3.68. The summed E-state index contributed by atoms with van der Waals surface area (Å²) >= 11 is 0. The van der Waals surface area contributed by atoms with E-state index in [0.717, 1.165) is 0 Å². The van der Waals surface area contributed by atoms with Crippen molar-refractivity contribution in [2.24, 2.45) is 0 Å². The molecule has 6 N–H and O–H groups in total. The second kappa shape index (κ2) is 7.45. The van der Waals surface area contributed by atoms with Crippen molar-refractivity contribution in [2.75, 3.05) is 6.61 Å². The van der Waals surface area contributed by atoms with E-state index in [0.29, 0.717) is 0 Å². The topological polar surface area (TPSA) is 174 Å². The van der Waals surface area contributed by atoms with Crippen molar-refractivity contribution in [3.63, 3.8) is 0 Å². The van der Waals surface area contributed by atoms with Crippen LogP contribution < -0.4 is 4.74 Å². The number of aliphatic hydroxyl groups excluding tert-OH is 4. The van der Waals surface area contributed by atoms with Crippen LogP contribution in [0.25, 0.3) is 0 Å². The summed E-state index contributed by atoms with van der Waals surface area (Å²) in [6.45, 7) is -0.564. The zero-order valence-electron chi connectivity index (χ0n) is 11.3. The van der Waals surface area contributed by atoms with E-state index < -0.39 is 42.2 Å². The first-order valence-corrected chi connectivity index (χ1v) is 6.15. The van der Waals surface area contributed by atoms with Gasteiger partial charge < -0.3 is 35.4 Å². The lowest BCUT2D eigenvalue weighted by Gasteiger charge is -2.39. The van der Waals surface area contributed by atoms with Crippen LogP contribution in [-0.4, -0.2) is 68.1 Å². The molecule has 5 atom stereocenters. The van der Waals surface area contributed by atoms with Crippen LogP contribution in [0.5, 0.6) is 5.75 Å². The van der Waals surface area contributed by atoms with Crippen molar-refractivity contribution in [3.8, 4) is 5.75 Å². The van der Waals surface area contributed by atoms with Gasteiger partial charge in [-0.3, -0.25) is 10.1 Å². The van der Waals surface area contributed by atoms with Gasteiger partial charge in [0.2, 0.25) is 6.29 Å². The lowest BCUT2D eigenvalue weighted by Crippen LogP contribution is -2.60. The first-order chi connectivity index (χ1) is 9.93. The molecule has 1 saturated heterocycles. The van der Waals surface area contributed by atoms with Gasteiger partial charge in [0.05, 0.1) is 11.5 Å². The molecule has 0 aliphatic carbocycles. The van der Waals surface area contributed by atoms with Crippen LogP contribution in [0.15, 0.2) is 24.3 Å². The summed E-state index contributed by atoms with van der Waals surface area (Å²) in [5.41, 5.74) is -0.129. The standard InChI is InChI=1S/C12H15NO8.H2O/c14-5-8-9(15)10(16)11(17)12(21-8)20-7-3-1-6(2-4-7)13(18)19;/h1-4,8-12,14-17H,5H2;1H2/t8-,9+,10-,11-,12-;/m1./s1. The number of ether oxygens (including phenoxy) is 2. The van der Waals surface area contributed by atoms with E-state index in [1.54, 1.807) is 0 Å². The highest BCUT2D eigenvalue weighted by Gasteiger charge is 2.44. The molecule has 2 rings (SSSR count). The molecule has 1 aromatic rings. The average Bonchev–Trinajstić information content (AvgIpc) is 2.48. The van der Waals surface area contributed by atoms with Gasteiger partial charge in [-0.25, -0.2) is 0 Å². The maximum atomic E-state index is 10.5. The molecule has 0 radical (unpaired) electrons. The van der Waals surface area contributed by atoms with Crippen LogP contribution in [0.2, 0.25) is 0 Å². The Morgan fingerprint density at radius 3 is 2.23 bits per heavy atom. The monoisotopic (exact) mass is 319 g/mol. The lowest BCUT2D eigenvalue weighted by atomic mass is 9.99. The number of hydrogen-bond acceptors (Lipinski definition) is 8. The van der Waals surface area contributed by atoms with Gasteiger partial charge in [-0.1, -0.05) is 0 Å². The zero-order chi connectivity index (χ0) is 15.6. The van der Waals surface area contributed by atoms with E-state index in [9.17, 15) is 25.4 Å². The van der Waals surface area contributed by atoms with E-state index >= 15 is 0 Å². The molecule has 124 valence electrons. The molecular weight excluding hydrogens is 302 g/mol. The Balaban J connectivity index is 0.00000242. The minimum Gasteiger partial charge on any atom is -0.462 e. The van der Waals surface area contributed by atoms with Gasteiger partial charge in [-0.2, -0.15) is 0 Å². The second-order valence-corrected chi connectivity index (χ2v) is 4.57. The number of hydrogen-bond donors (Lipinski definition) is 4. The Bertz CT molecular complexity index is 492. The average molecular weight is 319 g/mol. The van der Waals surface area contributed by atoms with Crippen molar-refractivity contribution in [1.82, 2.24) is 0 Å². The number of nitrogens with zero attached hydrogens (tertiary/aromatic N) is 1. The summed E-state index contributed by atoms with van der Waals surface area (Å²) in [5.74, 6) is 0.171. The molecule has 1 fully saturated rings. The minimum atomic E-state index is -1.54. The van der Waals surface area contributed by atoms with Crippen LogP contribution in [0.4, 0.5) is 5.69 Å². The zero-order valence-corrected chi connectivity index (χ0v) is 11.3. The van der Waals surface area contributed by atoms with Gasteiger partial charge in [-0.15, -0.1) is 0 Å². The molecular formula is C12H17NO9. The number of benzene rings is 1. The Hall–Kier alpha value is -1.82. The van der Waals surface area contributed by atoms with Crippen molar-refractivity contribution < 1.29 is 40.3 Å². The minimum absolute atomic E-state index is 0. The van der Waals surface area contributed by atoms with E-state index in [-0.39, 0.29) is 16.9 Å². The van der Waals surface area contributed by atoms with Crippen LogP contribution in [0.3, 0.4) is 0 Å². The summed E-state index contributed by atoms with van der Waals surface area (Å²) in [6, 6.07) is 5.03. The van der Waals surface area contributed by atoms with Gasteiger partial charge in [0, 0.05) is 12.1 Å². The Kier molecular flexibility index (Phi) is 6.17. The van der Waals surface area contributed by atoms with Crippen LogP contribution in [0.1, 0.15) is 0 Å². The van der Waals surface area contributed by atoms with E-state index in [1.165, 1.54) is 24.3 Å². The molecule has 0 unspecified atom stereocenters. The van der Waals surface area contributed by atoms with Crippen molar-refractivity contribution in [3.05, 3.63) is 34.4 Å². The maximum absolute atomic E-state index is 10.5. The van der Waals surface area contributed by atoms with Gasteiger partial charge in [0.25, 0.3) is 5.69 Å². The summed E-state index contributed by atoms with van der Waals surface area (Å²) < 4.78 is 10.4. The SMILES string of the molecule is O.O=[N+]([O-])c1ccc(O[C@@H]2O[C@H](CO)[C@H](O)[C@@H](O)[C@H]2O)cc1. The molecule has 10 heteroatoms. The molecule has 0 amide bonds. The van der Waals surface area contributed by atoms with Crippen molar-refractivity contribution >= 4 is 5.69 Å². The van der Waals surface area contributed by atoms with Gasteiger partial charge in [0.1, 0.15) is 30.2 Å². The number of nitro benzene ring substituents is 1. The fraction of sp³-hybridized carbons (Fsp3) is 0.500. The van der Waals surface area contributed by atoms with E-state index in [4.69, 9.17) is 14.6 Å². The van der Waals surface area contributed by atoms with Gasteiger partial charge >= 0.3 is 0 Å². The van der Waals surface area contributed by atoms with Crippen LogP contribution in [-0.2, 0) is 4.74 Å². The molecule has 1 heterocycles. The highest BCUT2D eigenvalue weighted by Crippen LogP contribution is 2.25. The number of rotatable bonds is 4. The Morgan fingerprint density at radius 2 is 1.73 bits per heavy atom. The first kappa shape index (κ1) is 18.2. The first-order valence-electron chi connectivity index (χ1n) is 6.15. The molecule has 0 saturated carbocycles. The fourth-order valence-electron chi connectivity index (χ4n) is 1.95. The third-order valence-corrected chi connectivity index (χ3v) is 3.15. The quantitative estimate of drug-likeness (QED) is 0.362. The highest BCUT2D eigenvalue weighted by atomic mass is 16.7. The third-order valence-electron chi connectivity index (χ3n) is 3.15. The number of non-ortho nitro benzene ring substituents is 1. The largest absolute Gasteiger partial charge is 0.462 e. The number of aliphatic hydroxyl groups is 4. The van der Waals surface area contributed by atoms with Crippen molar-refractivity contribution in [1.29, 1.82) is 0 Å². The summed E-state index contributed by atoms with van der Waals surface area (Å²) in [6.07, 6.45) is -6.94. The molecule has 22 heavy (non-hydrogen) atoms. The van der Waals surface area contributed by atoms with E-state index in [2.05, 4.69) is 0 Å². The maximum Gasteiger partial charge on any atom is 0.269 e. The second-order valence-electron chi connectivity index (χ2n) is 4.57. The Labute approximate surface area is 124 Å². The molecule has 1 aliphatic heterocycles.